The Morgan fingerprint density at radius 2 is 2.16 bits per heavy atom. The van der Waals surface area contributed by atoms with Crippen molar-refractivity contribution in [2.24, 2.45) is 5.92 Å². The summed E-state index contributed by atoms with van der Waals surface area (Å²) in [5.74, 6) is 2.76. The third-order valence-corrected chi connectivity index (χ3v) is 4.80. The van der Waals surface area contributed by atoms with E-state index in [1.54, 1.807) is 18.5 Å². The predicted molar refractivity (Wildman–Crippen MR) is 91.6 cm³/mol. The third-order valence-electron chi connectivity index (χ3n) is 4.80. The molecule has 132 valence electrons. The van der Waals surface area contributed by atoms with Crippen LogP contribution in [0.4, 0.5) is 5.95 Å². The van der Waals surface area contributed by atoms with Gasteiger partial charge < -0.3 is 19.0 Å². The number of nitrogens with zero attached hydrogens (tertiary/aromatic N) is 4. The molecule has 0 spiro atoms. The fourth-order valence-corrected chi connectivity index (χ4v) is 3.36. The van der Waals surface area contributed by atoms with Gasteiger partial charge in [0.25, 0.3) is 0 Å². The summed E-state index contributed by atoms with van der Waals surface area (Å²) in [6.07, 6.45) is 4.28. The summed E-state index contributed by atoms with van der Waals surface area (Å²) < 4.78 is 10.9. The van der Waals surface area contributed by atoms with Gasteiger partial charge in [0.2, 0.25) is 17.7 Å². The normalized spacial score (nSPS) is 22.8. The molecule has 25 heavy (non-hydrogen) atoms. The molecule has 4 rings (SSSR count). The maximum absolute atomic E-state index is 12.7. The van der Waals surface area contributed by atoms with Crippen molar-refractivity contribution in [3.63, 3.8) is 0 Å². The molecule has 7 heteroatoms. The van der Waals surface area contributed by atoms with E-state index in [4.69, 9.17) is 9.15 Å². The number of hydrogen-bond donors (Lipinski definition) is 0. The summed E-state index contributed by atoms with van der Waals surface area (Å²) >= 11 is 0. The zero-order valence-electron chi connectivity index (χ0n) is 14.3. The molecule has 3 heterocycles. The molecule has 7 nitrogen and oxygen atoms in total. The maximum atomic E-state index is 12.7. The van der Waals surface area contributed by atoms with Gasteiger partial charge in [0.15, 0.2) is 0 Å². The number of rotatable bonds is 5. The fraction of sp³-hybridized carbons (Fsp3) is 0.500. The molecule has 0 N–H and O–H groups in total. The first-order valence-corrected chi connectivity index (χ1v) is 8.79. The smallest absolute Gasteiger partial charge is 0.228 e. The van der Waals surface area contributed by atoms with Gasteiger partial charge in [-0.3, -0.25) is 4.79 Å². The summed E-state index contributed by atoms with van der Waals surface area (Å²) in [5.41, 5.74) is 0. The largest absolute Gasteiger partial charge is 0.478 e. The van der Waals surface area contributed by atoms with Gasteiger partial charge in [-0.25, -0.2) is 4.98 Å². The summed E-state index contributed by atoms with van der Waals surface area (Å²) in [6.45, 7) is 5.38. The lowest BCUT2D eigenvalue weighted by atomic mass is 10.2. The van der Waals surface area contributed by atoms with Crippen molar-refractivity contribution in [2.45, 2.75) is 19.3 Å². The van der Waals surface area contributed by atoms with Crippen LogP contribution in [0.25, 0.3) is 0 Å². The van der Waals surface area contributed by atoms with E-state index in [1.807, 2.05) is 24.0 Å². The number of anilines is 1. The van der Waals surface area contributed by atoms with Gasteiger partial charge in [-0.15, -0.1) is 0 Å². The molecular formula is C18H22N4O3. The minimum atomic E-state index is 0.0789. The Bertz CT molecular complexity index is 726. The lowest BCUT2D eigenvalue weighted by Gasteiger charge is -2.35. The highest BCUT2D eigenvalue weighted by atomic mass is 16.5. The van der Waals surface area contributed by atoms with Crippen LogP contribution in [-0.4, -0.2) is 53.6 Å². The number of hydrogen-bond acceptors (Lipinski definition) is 6. The van der Waals surface area contributed by atoms with Crippen LogP contribution in [0, 0.1) is 5.92 Å². The SMILES string of the molecule is CCOc1ccnc(N2CCN(C(=O)[C@@H]3C[C@@H]3c3ccco3)CC2)n1. The van der Waals surface area contributed by atoms with E-state index >= 15 is 0 Å². The Morgan fingerprint density at radius 3 is 2.88 bits per heavy atom. The molecule has 1 saturated heterocycles. The minimum Gasteiger partial charge on any atom is -0.478 e. The molecule has 0 aromatic carbocycles. The Balaban J connectivity index is 1.33. The molecular weight excluding hydrogens is 320 g/mol. The first-order valence-electron chi connectivity index (χ1n) is 8.79. The number of carbonyl (C=O) groups is 1. The highest BCUT2D eigenvalue weighted by Gasteiger charge is 2.47. The van der Waals surface area contributed by atoms with Gasteiger partial charge in [0.1, 0.15) is 5.76 Å². The first kappa shape index (κ1) is 15.9. The van der Waals surface area contributed by atoms with Gasteiger partial charge in [-0.2, -0.15) is 4.98 Å². The second-order valence-corrected chi connectivity index (χ2v) is 6.40. The number of piperazine rings is 1. The lowest BCUT2D eigenvalue weighted by Crippen LogP contribution is -2.49. The monoisotopic (exact) mass is 342 g/mol. The molecule has 0 unspecified atom stereocenters. The quantitative estimate of drug-likeness (QED) is 0.827. The van der Waals surface area contributed by atoms with Gasteiger partial charge in [0, 0.05) is 50.3 Å². The molecule has 2 aromatic rings. The Hall–Kier alpha value is -2.57. The van der Waals surface area contributed by atoms with Crippen LogP contribution >= 0.6 is 0 Å². The van der Waals surface area contributed by atoms with Gasteiger partial charge in [-0.1, -0.05) is 0 Å². The molecule has 2 aromatic heterocycles. The van der Waals surface area contributed by atoms with Gasteiger partial charge >= 0.3 is 0 Å². The Kier molecular flexibility index (Phi) is 4.29. The zero-order chi connectivity index (χ0) is 17.2. The van der Waals surface area contributed by atoms with Crippen molar-refractivity contribution in [2.75, 3.05) is 37.7 Å². The maximum Gasteiger partial charge on any atom is 0.228 e. The minimum absolute atomic E-state index is 0.0789. The van der Waals surface area contributed by atoms with Crippen LogP contribution in [0.1, 0.15) is 25.0 Å². The molecule has 0 radical (unpaired) electrons. The first-order chi connectivity index (χ1) is 12.3. The van der Waals surface area contributed by atoms with E-state index in [2.05, 4.69) is 14.9 Å². The van der Waals surface area contributed by atoms with Crippen LogP contribution in [0.5, 0.6) is 5.88 Å². The van der Waals surface area contributed by atoms with Crippen molar-refractivity contribution < 1.29 is 13.9 Å². The molecule has 2 aliphatic rings. The van der Waals surface area contributed by atoms with Crippen LogP contribution in [0.2, 0.25) is 0 Å². The Morgan fingerprint density at radius 1 is 1.32 bits per heavy atom. The Labute approximate surface area is 146 Å². The van der Waals surface area contributed by atoms with E-state index in [9.17, 15) is 4.79 Å². The highest BCUT2D eigenvalue weighted by molar-refractivity contribution is 5.83. The summed E-state index contributed by atoms with van der Waals surface area (Å²) in [6, 6.07) is 5.59. The highest BCUT2D eigenvalue weighted by Crippen LogP contribution is 2.48. The van der Waals surface area contributed by atoms with E-state index in [0.717, 1.165) is 25.3 Å². The number of aromatic nitrogens is 2. The van der Waals surface area contributed by atoms with Crippen LogP contribution in [-0.2, 0) is 4.79 Å². The van der Waals surface area contributed by atoms with E-state index < -0.39 is 0 Å². The zero-order valence-corrected chi connectivity index (χ0v) is 14.3. The van der Waals surface area contributed by atoms with Crippen LogP contribution in [0.3, 0.4) is 0 Å². The number of ether oxygens (including phenoxy) is 1. The van der Waals surface area contributed by atoms with Gasteiger partial charge in [0.05, 0.1) is 12.9 Å². The number of furan rings is 1. The van der Waals surface area contributed by atoms with Crippen molar-refractivity contribution in [1.82, 2.24) is 14.9 Å². The lowest BCUT2D eigenvalue weighted by molar-refractivity contribution is -0.133. The average Bonchev–Trinajstić information content (AvgIpc) is 3.26. The fourth-order valence-electron chi connectivity index (χ4n) is 3.36. The van der Waals surface area contributed by atoms with Crippen molar-refractivity contribution in [3.8, 4) is 5.88 Å². The number of amides is 1. The summed E-state index contributed by atoms with van der Waals surface area (Å²) in [7, 11) is 0. The van der Waals surface area contributed by atoms with Crippen molar-refractivity contribution >= 4 is 11.9 Å². The number of carbonyl (C=O) groups excluding carboxylic acids is 1. The molecule has 2 fully saturated rings. The molecule has 0 bridgehead atoms. The third kappa shape index (κ3) is 3.31. The summed E-state index contributed by atoms with van der Waals surface area (Å²) in [5, 5.41) is 0. The van der Waals surface area contributed by atoms with Crippen molar-refractivity contribution in [3.05, 3.63) is 36.4 Å². The van der Waals surface area contributed by atoms with E-state index in [1.165, 1.54) is 0 Å². The van der Waals surface area contributed by atoms with E-state index in [-0.39, 0.29) is 17.7 Å². The second kappa shape index (κ2) is 6.74. The second-order valence-electron chi connectivity index (χ2n) is 6.40. The predicted octanol–water partition coefficient (Wildman–Crippen LogP) is 1.92. The van der Waals surface area contributed by atoms with Crippen molar-refractivity contribution in [1.29, 1.82) is 0 Å². The molecule has 1 saturated carbocycles. The molecule has 1 amide bonds. The molecule has 1 aliphatic heterocycles. The van der Waals surface area contributed by atoms with Crippen LogP contribution in [0.15, 0.2) is 35.1 Å². The van der Waals surface area contributed by atoms with Crippen LogP contribution < -0.4 is 9.64 Å². The molecule has 2 atom stereocenters. The molecule has 1 aliphatic carbocycles. The topological polar surface area (TPSA) is 71.7 Å². The summed E-state index contributed by atoms with van der Waals surface area (Å²) in [4.78, 5) is 25.5. The standard InChI is InChI=1S/C18H22N4O3/c1-2-24-16-5-6-19-18(20-16)22-9-7-21(8-10-22)17(23)14-12-13(14)15-4-3-11-25-15/h3-6,11,13-14H,2,7-10,12H2,1H3/t13-,14+/m0/s1. The van der Waals surface area contributed by atoms with Gasteiger partial charge in [-0.05, 0) is 25.5 Å². The average molecular weight is 342 g/mol. The van der Waals surface area contributed by atoms with E-state index in [0.29, 0.717) is 31.5 Å².